The summed E-state index contributed by atoms with van der Waals surface area (Å²) in [6, 6.07) is 8.25. The van der Waals surface area contributed by atoms with Crippen LogP contribution in [0.1, 0.15) is 35.3 Å². The molecule has 0 spiro atoms. The van der Waals surface area contributed by atoms with E-state index in [1.165, 1.54) is 0 Å². The van der Waals surface area contributed by atoms with Crippen LogP contribution < -0.4 is 10.3 Å². The molecule has 0 aliphatic carbocycles. The van der Waals surface area contributed by atoms with Crippen molar-refractivity contribution in [2.45, 2.75) is 19.3 Å². The van der Waals surface area contributed by atoms with Crippen LogP contribution in [0.25, 0.3) is 27.8 Å². The number of carbonyl (C=O) groups is 1. The normalized spacial score (nSPS) is 15.9. The zero-order chi connectivity index (χ0) is 24.1. The highest BCUT2D eigenvalue weighted by Crippen LogP contribution is 2.32. The summed E-state index contributed by atoms with van der Waals surface area (Å²) < 4.78 is 28.0. The van der Waals surface area contributed by atoms with Crippen molar-refractivity contribution in [3.8, 4) is 0 Å². The fourth-order valence-corrected chi connectivity index (χ4v) is 4.72. The third-order valence-corrected chi connectivity index (χ3v) is 6.32. The monoisotopic (exact) mass is 473 g/mol. The van der Waals surface area contributed by atoms with E-state index in [4.69, 9.17) is 9.15 Å². The lowest BCUT2D eigenvalue weighted by Gasteiger charge is -2.19. The standard InChI is InChI=1S/C25H20FN5O4/c1-2-34-25(33)20-21(32)15-11-16(26)23(30-10-7-14(13-30)17-12-27-8-9-28-17)29-22(15)31-18-5-3-4-6-19(18)35-24(20)31/h3-6,8-9,11-12,14H,2,7,10,13H2,1H3. The Hall–Kier alpha value is -4.34. The number of pyridine rings is 2. The van der Waals surface area contributed by atoms with Gasteiger partial charge >= 0.3 is 5.97 Å². The molecule has 0 amide bonds. The molecule has 1 fully saturated rings. The molecule has 5 aromatic rings. The third-order valence-electron chi connectivity index (χ3n) is 6.32. The second-order valence-electron chi connectivity index (χ2n) is 8.36. The van der Waals surface area contributed by atoms with Gasteiger partial charge in [-0.3, -0.25) is 19.2 Å². The average Bonchev–Trinajstić information content (AvgIpc) is 3.50. The minimum atomic E-state index is -0.827. The number of aromatic nitrogens is 4. The number of carbonyl (C=O) groups excluding carboxylic acids is 1. The van der Waals surface area contributed by atoms with Crippen LogP contribution in [0.3, 0.4) is 0 Å². The first kappa shape index (κ1) is 21.2. The van der Waals surface area contributed by atoms with Gasteiger partial charge in [-0.15, -0.1) is 0 Å². The van der Waals surface area contributed by atoms with Crippen molar-refractivity contribution in [2.24, 2.45) is 0 Å². The number of oxazole rings is 1. The average molecular weight is 473 g/mol. The molecular formula is C25H20FN5O4. The Kier molecular flexibility index (Phi) is 4.94. The largest absolute Gasteiger partial charge is 0.462 e. The Morgan fingerprint density at radius 1 is 1.29 bits per heavy atom. The van der Waals surface area contributed by atoms with Gasteiger partial charge in [-0.1, -0.05) is 12.1 Å². The van der Waals surface area contributed by atoms with Gasteiger partial charge < -0.3 is 14.1 Å². The Morgan fingerprint density at radius 3 is 2.94 bits per heavy atom. The molecule has 1 unspecified atom stereocenters. The molecule has 0 bridgehead atoms. The van der Waals surface area contributed by atoms with Crippen molar-refractivity contribution >= 4 is 39.6 Å². The van der Waals surface area contributed by atoms with Gasteiger partial charge in [0.25, 0.3) is 0 Å². The van der Waals surface area contributed by atoms with E-state index in [2.05, 4.69) is 15.0 Å². The van der Waals surface area contributed by atoms with Crippen LogP contribution in [0.2, 0.25) is 0 Å². The molecule has 4 aromatic heterocycles. The van der Waals surface area contributed by atoms with Crippen LogP contribution in [0.5, 0.6) is 0 Å². The van der Waals surface area contributed by atoms with Crippen LogP contribution >= 0.6 is 0 Å². The summed E-state index contributed by atoms with van der Waals surface area (Å²) in [5.41, 5.74) is 1.16. The summed E-state index contributed by atoms with van der Waals surface area (Å²) in [7, 11) is 0. The SMILES string of the molecule is CCOC(=O)c1c(=O)c2cc(F)c(N3CCC(c4cnccn4)C3)nc2n2c1oc1ccccc12. The number of para-hydroxylation sites is 2. The van der Waals surface area contributed by atoms with E-state index in [0.717, 1.165) is 18.2 Å². The number of hydrogen-bond acceptors (Lipinski definition) is 8. The highest BCUT2D eigenvalue weighted by Gasteiger charge is 2.30. The number of benzene rings is 1. The highest BCUT2D eigenvalue weighted by molar-refractivity contribution is 6.02. The summed E-state index contributed by atoms with van der Waals surface area (Å²) in [5.74, 6) is -1.25. The number of hydrogen-bond donors (Lipinski definition) is 0. The van der Waals surface area contributed by atoms with Gasteiger partial charge in [0, 0.05) is 37.6 Å². The molecule has 0 N–H and O–H groups in total. The molecule has 5 heterocycles. The first-order chi connectivity index (χ1) is 17.1. The molecule has 0 saturated carbocycles. The lowest BCUT2D eigenvalue weighted by molar-refractivity contribution is 0.0525. The van der Waals surface area contributed by atoms with Crippen LogP contribution in [-0.4, -0.2) is 45.0 Å². The van der Waals surface area contributed by atoms with Gasteiger partial charge in [0.05, 0.1) is 23.2 Å². The molecule has 1 aliphatic rings. The molecule has 1 atom stereocenters. The summed E-state index contributed by atoms with van der Waals surface area (Å²) in [4.78, 5) is 41.0. The van der Waals surface area contributed by atoms with Crippen LogP contribution in [0.15, 0.2) is 58.1 Å². The maximum Gasteiger partial charge on any atom is 0.347 e. The van der Waals surface area contributed by atoms with Gasteiger partial charge in [-0.2, -0.15) is 0 Å². The van der Waals surface area contributed by atoms with Crippen LogP contribution in [-0.2, 0) is 4.74 Å². The number of nitrogens with zero attached hydrogens (tertiary/aromatic N) is 5. The van der Waals surface area contributed by atoms with Crippen molar-refractivity contribution < 1.29 is 18.3 Å². The lowest BCUT2D eigenvalue weighted by Crippen LogP contribution is -2.24. The fraction of sp³-hybridized carbons (Fsp3) is 0.240. The summed E-state index contributed by atoms with van der Waals surface area (Å²) >= 11 is 0. The van der Waals surface area contributed by atoms with Crippen LogP contribution in [0, 0.1) is 5.82 Å². The molecule has 35 heavy (non-hydrogen) atoms. The molecule has 1 aliphatic heterocycles. The van der Waals surface area contributed by atoms with E-state index in [1.54, 1.807) is 48.1 Å². The van der Waals surface area contributed by atoms with Crippen molar-refractivity contribution in [3.05, 3.63) is 76.2 Å². The Morgan fingerprint density at radius 2 is 2.14 bits per heavy atom. The molecule has 9 nitrogen and oxygen atoms in total. The van der Waals surface area contributed by atoms with Crippen molar-refractivity contribution in [3.63, 3.8) is 0 Å². The van der Waals surface area contributed by atoms with Gasteiger partial charge in [0.15, 0.2) is 28.4 Å². The van der Waals surface area contributed by atoms with E-state index in [9.17, 15) is 9.59 Å². The van der Waals surface area contributed by atoms with Gasteiger partial charge in [0.1, 0.15) is 0 Å². The van der Waals surface area contributed by atoms with E-state index in [0.29, 0.717) is 24.2 Å². The second-order valence-corrected chi connectivity index (χ2v) is 8.36. The molecule has 0 radical (unpaired) electrons. The number of fused-ring (bicyclic) bond motifs is 5. The molecule has 176 valence electrons. The van der Waals surface area contributed by atoms with Gasteiger partial charge in [0.2, 0.25) is 11.1 Å². The summed E-state index contributed by atoms with van der Waals surface area (Å²) in [6.07, 6.45) is 5.74. The lowest BCUT2D eigenvalue weighted by atomic mass is 10.1. The fourth-order valence-electron chi connectivity index (χ4n) is 4.72. The first-order valence-corrected chi connectivity index (χ1v) is 11.3. The minimum Gasteiger partial charge on any atom is -0.462 e. The zero-order valence-corrected chi connectivity index (χ0v) is 18.8. The molecular weight excluding hydrogens is 453 g/mol. The van der Waals surface area contributed by atoms with Crippen molar-refractivity contribution in [2.75, 3.05) is 24.6 Å². The number of rotatable bonds is 4. The Balaban J connectivity index is 1.57. The van der Waals surface area contributed by atoms with E-state index >= 15 is 4.39 Å². The number of halogens is 1. The molecule has 1 saturated heterocycles. The Labute approximate surface area is 197 Å². The molecule has 1 aromatic carbocycles. The maximum atomic E-state index is 15.4. The smallest absolute Gasteiger partial charge is 0.347 e. The number of anilines is 1. The third kappa shape index (κ3) is 3.32. The van der Waals surface area contributed by atoms with Crippen LogP contribution in [0.4, 0.5) is 10.2 Å². The zero-order valence-electron chi connectivity index (χ0n) is 18.8. The van der Waals surface area contributed by atoms with Gasteiger partial charge in [-0.05, 0) is 31.5 Å². The molecule has 6 rings (SSSR count). The highest BCUT2D eigenvalue weighted by atomic mass is 19.1. The predicted molar refractivity (Wildman–Crippen MR) is 126 cm³/mol. The van der Waals surface area contributed by atoms with E-state index < -0.39 is 17.2 Å². The molecule has 10 heteroatoms. The van der Waals surface area contributed by atoms with E-state index in [-0.39, 0.29) is 40.7 Å². The number of ether oxygens (including phenoxy) is 1. The maximum absolute atomic E-state index is 15.4. The second kappa shape index (κ2) is 8.15. The van der Waals surface area contributed by atoms with E-state index in [1.807, 2.05) is 11.0 Å². The first-order valence-electron chi connectivity index (χ1n) is 11.3. The topological polar surface area (TPSA) is 103 Å². The quantitative estimate of drug-likeness (QED) is 0.364. The van der Waals surface area contributed by atoms with Gasteiger partial charge in [-0.25, -0.2) is 14.2 Å². The summed E-state index contributed by atoms with van der Waals surface area (Å²) in [6.45, 7) is 2.81. The van der Waals surface area contributed by atoms with Crippen molar-refractivity contribution in [1.29, 1.82) is 0 Å². The predicted octanol–water partition coefficient (Wildman–Crippen LogP) is 3.69. The minimum absolute atomic E-state index is 0.0195. The van der Waals surface area contributed by atoms with Crippen molar-refractivity contribution in [1.82, 2.24) is 19.4 Å². The Bertz CT molecular complexity index is 1660. The summed E-state index contributed by atoms with van der Waals surface area (Å²) in [5, 5.41) is -0.0250. The number of esters is 1.